The molecule has 0 radical (unpaired) electrons. The Kier molecular flexibility index (Phi) is 6.06. The largest absolute Gasteiger partial charge is 0.444 e. The lowest BCUT2D eigenvalue weighted by Crippen LogP contribution is -2.39. The van der Waals surface area contributed by atoms with E-state index in [4.69, 9.17) is 4.74 Å². The van der Waals surface area contributed by atoms with Gasteiger partial charge in [0.1, 0.15) is 5.60 Å². The first-order chi connectivity index (χ1) is 9.23. The van der Waals surface area contributed by atoms with Crippen LogP contribution < -0.4 is 5.32 Å². The summed E-state index contributed by atoms with van der Waals surface area (Å²) in [5, 5.41) is 3.51. The van der Waals surface area contributed by atoms with Crippen LogP contribution in [0.3, 0.4) is 0 Å². The Balaban J connectivity index is 2.61. The molecule has 1 aliphatic rings. The molecule has 1 N–H and O–H groups in total. The first kappa shape index (κ1) is 17.0. The van der Waals surface area contributed by atoms with E-state index in [2.05, 4.69) is 32.2 Å². The number of hydrogen-bond donors (Lipinski definition) is 1. The second-order valence-corrected chi connectivity index (χ2v) is 6.80. The molecule has 1 rings (SSSR count). The quantitative estimate of drug-likeness (QED) is 0.805. The number of ether oxygens (including phenoxy) is 1. The van der Waals surface area contributed by atoms with E-state index in [0.717, 1.165) is 26.1 Å². The van der Waals surface area contributed by atoms with Crippen LogP contribution >= 0.6 is 0 Å². The van der Waals surface area contributed by atoms with Crippen LogP contribution in [-0.4, -0.2) is 42.3 Å². The number of rotatable bonds is 4. The molecule has 4 heteroatoms. The van der Waals surface area contributed by atoms with Crippen LogP contribution in [0.1, 0.15) is 48.0 Å². The number of nitrogens with one attached hydrogen (secondary N) is 1. The van der Waals surface area contributed by atoms with E-state index in [0.29, 0.717) is 12.0 Å². The van der Waals surface area contributed by atoms with Gasteiger partial charge in [-0.25, -0.2) is 4.79 Å². The molecule has 2 atom stereocenters. The van der Waals surface area contributed by atoms with Crippen LogP contribution in [0.4, 0.5) is 4.79 Å². The molecule has 0 spiro atoms. The van der Waals surface area contributed by atoms with E-state index in [1.54, 1.807) is 0 Å². The first-order valence-corrected chi connectivity index (χ1v) is 7.59. The summed E-state index contributed by atoms with van der Waals surface area (Å²) in [5.41, 5.74) is 0.891. The number of carbonyl (C=O) groups excluding carboxylic acids is 1. The predicted molar refractivity (Wildman–Crippen MR) is 82.8 cm³/mol. The number of hydrogen-bond acceptors (Lipinski definition) is 3. The number of amides is 1. The summed E-state index contributed by atoms with van der Waals surface area (Å²) >= 11 is 0. The topological polar surface area (TPSA) is 41.6 Å². The lowest BCUT2D eigenvalue weighted by molar-refractivity contribution is 0.0287. The van der Waals surface area contributed by atoms with Gasteiger partial charge in [-0.15, -0.1) is 0 Å². The van der Waals surface area contributed by atoms with Crippen LogP contribution in [-0.2, 0) is 4.74 Å². The molecule has 0 aromatic carbocycles. The van der Waals surface area contributed by atoms with Gasteiger partial charge in [0.2, 0.25) is 0 Å². The van der Waals surface area contributed by atoms with E-state index >= 15 is 0 Å². The molecule has 0 aromatic heterocycles. The zero-order valence-electron chi connectivity index (χ0n) is 13.8. The Hall–Kier alpha value is -1.03. The van der Waals surface area contributed by atoms with Crippen molar-refractivity contribution >= 4 is 6.09 Å². The summed E-state index contributed by atoms with van der Waals surface area (Å²) in [6, 6.07) is 0.345. The number of carbonyl (C=O) groups is 1. The Morgan fingerprint density at radius 3 is 2.60 bits per heavy atom. The summed E-state index contributed by atoms with van der Waals surface area (Å²) < 4.78 is 5.44. The van der Waals surface area contributed by atoms with Crippen LogP contribution in [0.5, 0.6) is 0 Å². The SMILES string of the molecule is CCNC(C=C(C)C)C1CCN(C(=O)OC(C)(C)C)C1. The zero-order chi connectivity index (χ0) is 15.3. The summed E-state index contributed by atoms with van der Waals surface area (Å²) in [5.74, 6) is 0.470. The molecule has 0 aliphatic carbocycles. The van der Waals surface area contributed by atoms with Crippen LogP contribution in [0.2, 0.25) is 0 Å². The average Bonchev–Trinajstić information content (AvgIpc) is 2.74. The molecule has 1 aliphatic heterocycles. The molecule has 4 nitrogen and oxygen atoms in total. The second kappa shape index (κ2) is 7.11. The smallest absolute Gasteiger partial charge is 0.410 e. The third-order valence-electron chi connectivity index (χ3n) is 3.34. The summed E-state index contributed by atoms with van der Waals surface area (Å²) in [7, 11) is 0. The molecule has 1 amide bonds. The van der Waals surface area contributed by atoms with Gasteiger partial charge in [-0.1, -0.05) is 18.6 Å². The summed E-state index contributed by atoms with van der Waals surface area (Å²) in [6.45, 7) is 14.6. The van der Waals surface area contributed by atoms with Gasteiger partial charge in [0.15, 0.2) is 0 Å². The molecule has 116 valence electrons. The maximum atomic E-state index is 12.1. The second-order valence-electron chi connectivity index (χ2n) is 6.80. The minimum Gasteiger partial charge on any atom is -0.444 e. The highest BCUT2D eigenvalue weighted by Gasteiger charge is 2.32. The molecule has 0 aromatic rings. The normalized spacial score (nSPS) is 20.7. The molecule has 20 heavy (non-hydrogen) atoms. The Labute approximate surface area is 123 Å². The fourth-order valence-corrected chi connectivity index (χ4v) is 2.53. The van der Waals surface area contributed by atoms with Gasteiger partial charge in [-0.3, -0.25) is 0 Å². The predicted octanol–water partition coefficient (Wildman–Crippen LogP) is 3.19. The summed E-state index contributed by atoms with van der Waals surface area (Å²) in [6.07, 6.45) is 3.11. The Morgan fingerprint density at radius 1 is 1.45 bits per heavy atom. The van der Waals surface area contributed by atoms with E-state index in [-0.39, 0.29) is 6.09 Å². The van der Waals surface area contributed by atoms with Crippen molar-refractivity contribution in [3.05, 3.63) is 11.6 Å². The molecule has 0 bridgehead atoms. The van der Waals surface area contributed by atoms with E-state index in [9.17, 15) is 4.79 Å². The van der Waals surface area contributed by atoms with Crippen LogP contribution in [0.15, 0.2) is 11.6 Å². The molecular weight excluding hydrogens is 252 g/mol. The molecule has 1 saturated heterocycles. The van der Waals surface area contributed by atoms with Crippen molar-refractivity contribution in [2.75, 3.05) is 19.6 Å². The van der Waals surface area contributed by atoms with Crippen molar-refractivity contribution in [1.29, 1.82) is 0 Å². The molecule has 1 fully saturated rings. The first-order valence-electron chi connectivity index (χ1n) is 7.59. The van der Waals surface area contributed by atoms with Crippen molar-refractivity contribution in [3.63, 3.8) is 0 Å². The zero-order valence-corrected chi connectivity index (χ0v) is 13.8. The number of likely N-dealkylation sites (N-methyl/N-ethyl adjacent to an activating group) is 1. The molecule has 2 unspecified atom stereocenters. The van der Waals surface area contributed by atoms with Crippen molar-refractivity contribution < 1.29 is 9.53 Å². The maximum Gasteiger partial charge on any atom is 0.410 e. The Morgan fingerprint density at radius 2 is 2.10 bits per heavy atom. The van der Waals surface area contributed by atoms with Crippen molar-refractivity contribution in [1.82, 2.24) is 10.2 Å². The number of nitrogens with zero attached hydrogens (tertiary/aromatic N) is 1. The van der Waals surface area contributed by atoms with Gasteiger partial charge < -0.3 is 15.0 Å². The minimum absolute atomic E-state index is 0.188. The lowest BCUT2D eigenvalue weighted by atomic mass is 9.97. The highest BCUT2D eigenvalue weighted by molar-refractivity contribution is 5.68. The van der Waals surface area contributed by atoms with Gasteiger partial charge in [0.05, 0.1) is 0 Å². The third kappa shape index (κ3) is 5.53. The minimum atomic E-state index is -0.420. The van der Waals surface area contributed by atoms with E-state index in [1.165, 1.54) is 5.57 Å². The molecular formula is C16H30N2O2. The van der Waals surface area contributed by atoms with E-state index in [1.807, 2.05) is 25.7 Å². The standard InChI is InChI=1S/C16H30N2O2/c1-7-17-14(10-12(2)3)13-8-9-18(11-13)15(19)20-16(4,5)6/h10,13-14,17H,7-9,11H2,1-6H3. The number of likely N-dealkylation sites (tertiary alicyclic amines) is 1. The van der Waals surface area contributed by atoms with Crippen molar-refractivity contribution in [3.8, 4) is 0 Å². The fraction of sp³-hybridized carbons (Fsp3) is 0.812. The van der Waals surface area contributed by atoms with Gasteiger partial charge in [0.25, 0.3) is 0 Å². The van der Waals surface area contributed by atoms with Crippen LogP contribution in [0, 0.1) is 5.92 Å². The molecule has 0 saturated carbocycles. The van der Waals surface area contributed by atoms with Gasteiger partial charge in [-0.2, -0.15) is 0 Å². The fourth-order valence-electron chi connectivity index (χ4n) is 2.53. The Bertz CT molecular complexity index is 354. The molecule has 1 heterocycles. The van der Waals surface area contributed by atoms with Crippen molar-refractivity contribution in [2.45, 2.75) is 59.6 Å². The van der Waals surface area contributed by atoms with E-state index < -0.39 is 5.60 Å². The monoisotopic (exact) mass is 282 g/mol. The maximum absolute atomic E-state index is 12.1. The van der Waals surface area contributed by atoms with Crippen molar-refractivity contribution in [2.24, 2.45) is 5.92 Å². The number of allylic oxidation sites excluding steroid dienone is 1. The lowest BCUT2D eigenvalue weighted by Gasteiger charge is -2.25. The highest BCUT2D eigenvalue weighted by atomic mass is 16.6. The van der Waals surface area contributed by atoms with Crippen LogP contribution in [0.25, 0.3) is 0 Å². The average molecular weight is 282 g/mol. The highest BCUT2D eigenvalue weighted by Crippen LogP contribution is 2.23. The van der Waals surface area contributed by atoms with Gasteiger partial charge >= 0.3 is 6.09 Å². The van der Waals surface area contributed by atoms with Gasteiger partial charge in [-0.05, 0) is 53.5 Å². The third-order valence-corrected chi connectivity index (χ3v) is 3.34. The van der Waals surface area contributed by atoms with Gasteiger partial charge in [0, 0.05) is 19.1 Å². The summed E-state index contributed by atoms with van der Waals surface area (Å²) in [4.78, 5) is 13.9.